The maximum absolute atomic E-state index is 8.66. The third-order valence-corrected chi connectivity index (χ3v) is 4.54. The van der Waals surface area contributed by atoms with Gasteiger partial charge in [-0.3, -0.25) is 0 Å². The molecule has 0 spiro atoms. The second kappa shape index (κ2) is 5.99. The first kappa shape index (κ1) is 15.1. The topological polar surface area (TPSA) is 33.0 Å². The summed E-state index contributed by atoms with van der Waals surface area (Å²) in [6.07, 6.45) is 1.70. The standard InChI is InChI=1S/C16H13Br2NO/c1-16(2,11-6-4-3-5-7-11)12-8-13(17)15(20-10-19)14(18)9-12/h3-9H,1-2H3. The lowest BCUT2D eigenvalue weighted by Gasteiger charge is -2.27. The molecule has 2 rings (SSSR count). The van der Waals surface area contributed by atoms with Gasteiger partial charge in [0.25, 0.3) is 6.26 Å². The van der Waals surface area contributed by atoms with Crippen LogP contribution in [0, 0.1) is 11.5 Å². The summed E-state index contributed by atoms with van der Waals surface area (Å²) in [5.74, 6) is 0.500. The molecule has 0 fully saturated rings. The summed E-state index contributed by atoms with van der Waals surface area (Å²) in [5, 5.41) is 8.66. The lowest BCUT2D eigenvalue weighted by atomic mass is 9.78. The van der Waals surface area contributed by atoms with Crippen LogP contribution in [0.25, 0.3) is 0 Å². The van der Waals surface area contributed by atoms with Crippen LogP contribution in [0.3, 0.4) is 0 Å². The van der Waals surface area contributed by atoms with Crippen molar-refractivity contribution < 1.29 is 4.74 Å². The van der Waals surface area contributed by atoms with Crippen LogP contribution in [0.5, 0.6) is 5.75 Å². The Morgan fingerprint density at radius 3 is 2.05 bits per heavy atom. The van der Waals surface area contributed by atoms with E-state index in [0.717, 1.165) is 14.5 Å². The zero-order valence-corrected chi connectivity index (χ0v) is 14.3. The Hall–Kier alpha value is -1.31. The third kappa shape index (κ3) is 2.89. The van der Waals surface area contributed by atoms with Crippen molar-refractivity contribution in [1.29, 1.82) is 5.26 Å². The molecule has 0 bridgehead atoms. The average Bonchev–Trinajstić information content (AvgIpc) is 2.43. The Kier molecular flexibility index (Phi) is 4.52. The van der Waals surface area contributed by atoms with E-state index in [2.05, 4.69) is 57.8 Å². The summed E-state index contributed by atoms with van der Waals surface area (Å²) in [4.78, 5) is 0. The van der Waals surface area contributed by atoms with Gasteiger partial charge in [-0.25, -0.2) is 0 Å². The normalized spacial score (nSPS) is 10.9. The lowest BCUT2D eigenvalue weighted by molar-refractivity contribution is 0.499. The first-order valence-corrected chi connectivity index (χ1v) is 7.66. The zero-order valence-electron chi connectivity index (χ0n) is 11.2. The van der Waals surface area contributed by atoms with E-state index in [1.165, 1.54) is 5.56 Å². The molecule has 0 amide bonds. The summed E-state index contributed by atoms with van der Waals surface area (Å²) in [6, 6.07) is 14.3. The van der Waals surface area contributed by atoms with Crippen LogP contribution in [0.4, 0.5) is 0 Å². The Morgan fingerprint density at radius 1 is 1.00 bits per heavy atom. The molecule has 0 N–H and O–H groups in total. The van der Waals surface area contributed by atoms with E-state index in [4.69, 9.17) is 10.00 Å². The summed E-state index contributed by atoms with van der Waals surface area (Å²) >= 11 is 6.92. The maximum atomic E-state index is 8.66. The minimum atomic E-state index is -0.141. The van der Waals surface area contributed by atoms with Gasteiger partial charge in [0, 0.05) is 5.41 Å². The van der Waals surface area contributed by atoms with Gasteiger partial charge in [0.1, 0.15) is 0 Å². The Labute approximate surface area is 135 Å². The average molecular weight is 395 g/mol. The largest absolute Gasteiger partial charge is 0.386 e. The summed E-state index contributed by atoms with van der Waals surface area (Å²) in [5.41, 5.74) is 2.22. The fourth-order valence-electron chi connectivity index (χ4n) is 2.09. The molecular formula is C16H13Br2NO. The molecule has 0 saturated carbocycles. The fraction of sp³-hybridized carbons (Fsp3) is 0.188. The van der Waals surface area contributed by atoms with Gasteiger partial charge < -0.3 is 4.74 Å². The van der Waals surface area contributed by atoms with Gasteiger partial charge in [0.05, 0.1) is 8.95 Å². The predicted octanol–water partition coefficient (Wildman–Crippen LogP) is 5.40. The second-order valence-electron chi connectivity index (χ2n) is 4.95. The molecule has 0 radical (unpaired) electrons. The van der Waals surface area contributed by atoms with Gasteiger partial charge in [0.2, 0.25) is 0 Å². The van der Waals surface area contributed by atoms with Crippen LogP contribution in [-0.4, -0.2) is 0 Å². The van der Waals surface area contributed by atoms with Crippen molar-refractivity contribution in [2.45, 2.75) is 19.3 Å². The molecule has 2 aromatic carbocycles. The molecule has 0 aliphatic rings. The monoisotopic (exact) mass is 393 g/mol. The third-order valence-electron chi connectivity index (χ3n) is 3.36. The van der Waals surface area contributed by atoms with Crippen LogP contribution in [0.2, 0.25) is 0 Å². The van der Waals surface area contributed by atoms with Crippen molar-refractivity contribution in [2.24, 2.45) is 0 Å². The molecule has 0 heterocycles. The number of nitriles is 1. The molecule has 0 unspecified atom stereocenters. The molecule has 0 aromatic heterocycles. The fourth-order valence-corrected chi connectivity index (χ4v) is 3.43. The van der Waals surface area contributed by atoms with Crippen LogP contribution < -0.4 is 4.74 Å². The molecule has 102 valence electrons. The van der Waals surface area contributed by atoms with Crippen molar-refractivity contribution in [1.82, 2.24) is 0 Å². The maximum Gasteiger partial charge on any atom is 0.292 e. The molecule has 2 aromatic rings. The first-order valence-electron chi connectivity index (χ1n) is 6.08. The van der Waals surface area contributed by atoms with Gasteiger partial charge in [-0.2, -0.15) is 0 Å². The number of benzene rings is 2. The summed E-state index contributed by atoms with van der Waals surface area (Å²) in [6.45, 7) is 4.34. The van der Waals surface area contributed by atoms with Crippen LogP contribution in [0.15, 0.2) is 51.4 Å². The van der Waals surface area contributed by atoms with Crippen LogP contribution in [0.1, 0.15) is 25.0 Å². The molecule has 0 atom stereocenters. The highest BCUT2D eigenvalue weighted by molar-refractivity contribution is 9.11. The number of rotatable bonds is 3. The van der Waals surface area contributed by atoms with Crippen molar-refractivity contribution in [3.8, 4) is 12.0 Å². The van der Waals surface area contributed by atoms with Gasteiger partial charge in [-0.15, -0.1) is 5.26 Å². The van der Waals surface area contributed by atoms with Crippen molar-refractivity contribution in [3.05, 3.63) is 62.5 Å². The van der Waals surface area contributed by atoms with Crippen LogP contribution >= 0.6 is 31.9 Å². The number of nitrogens with zero attached hydrogens (tertiary/aromatic N) is 1. The molecule has 0 saturated heterocycles. The second-order valence-corrected chi connectivity index (χ2v) is 6.66. The summed E-state index contributed by atoms with van der Waals surface area (Å²) in [7, 11) is 0. The van der Waals surface area contributed by atoms with Crippen LogP contribution in [-0.2, 0) is 5.41 Å². The van der Waals surface area contributed by atoms with Gasteiger partial charge in [-0.1, -0.05) is 44.2 Å². The van der Waals surface area contributed by atoms with Crippen molar-refractivity contribution >= 4 is 31.9 Å². The molecule has 0 aliphatic carbocycles. The molecular weight excluding hydrogens is 382 g/mol. The lowest BCUT2D eigenvalue weighted by Crippen LogP contribution is -2.18. The Morgan fingerprint density at radius 2 is 1.55 bits per heavy atom. The van der Waals surface area contributed by atoms with E-state index in [-0.39, 0.29) is 5.41 Å². The molecule has 4 heteroatoms. The number of hydrogen-bond donors (Lipinski definition) is 0. The number of halogens is 2. The highest BCUT2D eigenvalue weighted by Crippen LogP contribution is 2.40. The molecule has 0 aliphatic heterocycles. The number of ether oxygens (including phenoxy) is 1. The predicted molar refractivity (Wildman–Crippen MR) is 86.7 cm³/mol. The highest BCUT2D eigenvalue weighted by Gasteiger charge is 2.25. The minimum absolute atomic E-state index is 0.141. The Bertz CT molecular complexity index is 637. The van der Waals surface area contributed by atoms with Gasteiger partial charge in [0.15, 0.2) is 5.75 Å². The van der Waals surface area contributed by atoms with Crippen molar-refractivity contribution in [2.75, 3.05) is 0 Å². The van der Waals surface area contributed by atoms with E-state index in [1.54, 1.807) is 6.26 Å². The van der Waals surface area contributed by atoms with Gasteiger partial charge >= 0.3 is 0 Å². The molecule has 20 heavy (non-hydrogen) atoms. The quantitative estimate of drug-likeness (QED) is 0.653. The number of hydrogen-bond acceptors (Lipinski definition) is 2. The smallest absolute Gasteiger partial charge is 0.292 e. The van der Waals surface area contributed by atoms with Gasteiger partial charge in [-0.05, 0) is 55.1 Å². The Balaban J connectivity index is 2.51. The van der Waals surface area contributed by atoms with E-state index in [9.17, 15) is 0 Å². The van der Waals surface area contributed by atoms with E-state index in [0.29, 0.717) is 5.75 Å². The minimum Gasteiger partial charge on any atom is -0.386 e. The molecule has 2 nitrogen and oxygen atoms in total. The summed E-state index contributed by atoms with van der Waals surface area (Å²) < 4.78 is 6.47. The highest BCUT2D eigenvalue weighted by atomic mass is 79.9. The van der Waals surface area contributed by atoms with E-state index >= 15 is 0 Å². The van der Waals surface area contributed by atoms with E-state index < -0.39 is 0 Å². The SMILES string of the molecule is CC(C)(c1ccccc1)c1cc(Br)c(OC#N)c(Br)c1. The van der Waals surface area contributed by atoms with Crippen molar-refractivity contribution in [3.63, 3.8) is 0 Å². The van der Waals surface area contributed by atoms with E-state index in [1.807, 2.05) is 30.3 Å². The zero-order chi connectivity index (χ0) is 14.8. The first-order chi connectivity index (χ1) is 9.46.